The number of hydrogen-bond donors (Lipinski definition) is 3. The molecule has 2 saturated heterocycles. The summed E-state index contributed by atoms with van der Waals surface area (Å²) in [6.07, 6.45) is -2.14. The number of anilines is 4. The normalized spacial score (nSPS) is 18.3. The maximum absolute atomic E-state index is 13.6. The second-order valence-electron chi connectivity index (χ2n) is 9.90. The SMILES string of the molecule is C[C@H](CO)S(=O)(=O)Nc1ccc(C(=O)Nc2cccc(N3CCC(F)(F)CC3)n2)c(N2CCC(=C(F)F)CC2)c1. The van der Waals surface area contributed by atoms with E-state index in [1.807, 2.05) is 0 Å². The first kappa shape index (κ1) is 29.6. The predicted octanol–water partition coefficient (Wildman–Crippen LogP) is 4.44. The first-order chi connectivity index (χ1) is 18.9. The molecule has 0 unspecified atom stereocenters. The van der Waals surface area contributed by atoms with E-state index in [4.69, 9.17) is 0 Å². The van der Waals surface area contributed by atoms with Crippen molar-refractivity contribution >= 4 is 38.9 Å². The number of aliphatic hydroxyl groups is 1. The van der Waals surface area contributed by atoms with E-state index in [-0.39, 0.29) is 74.5 Å². The lowest BCUT2D eigenvalue weighted by Gasteiger charge is -2.32. The first-order valence-corrected chi connectivity index (χ1v) is 14.4. The van der Waals surface area contributed by atoms with Crippen molar-refractivity contribution in [1.82, 2.24) is 4.98 Å². The molecule has 0 radical (unpaired) electrons. The molecule has 4 rings (SSSR count). The Labute approximate surface area is 229 Å². The van der Waals surface area contributed by atoms with Gasteiger partial charge < -0.3 is 20.2 Å². The van der Waals surface area contributed by atoms with Crippen LogP contribution in [0.4, 0.5) is 40.6 Å². The quantitative estimate of drug-likeness (QED) is 0.393. The average Bonchev–Trinajstić information content (AvgIpc) is 2.92. The van der Waals surface area contributed by atoms with Crippen molar-refractivity contribution in [1.29, 1.82) is 0 Å². The van der Waals surface area contributed by atoms with E-state index >= 15 is 0 Å². The third kappa shape index (κ3) is 7.02. The number of aromatic nitrogens is 1. The first-order valence-electron chi connectivity index (χ1n) is 12.8. The number of piperidine rings is 2. The van der Waals surface area contributed by atoms with Crippen molar-refractivity contribution < 1.29 is 35.9 Å². The minimum absolute atomic E-state index is 0.0346. The summed E-state index contributed by atoms with van der Waals surface area (Å²) in [6.45, 7) is 1.36. The van der Waals surface area contributed by atoms with Crippen LogP contribution in [0.5, 0.6) is 0 Å². The monoisotopic (exact) mass is 585 g/mol. The van der Waals surface area contributed by atoms with Gasteiger partial charge in [-0.3, -0.25) is 9.52 Å². The Balaban J connectivity index is 1.59. The maximum atomic E-state index is 13.6. The van der Waals surface area contributed by atoms with Gasteiger partial charge >= 0.3 is 0 Å². The fourth-order valence-electron chi connectivity index (χ4n) is 4.53. The molecule has 14 heteroatoms. The number of nitrogens with zero attached hydrogens (tertiary/aromatic N) is 3. The maximum Gasteiger partial charge on any atom is 0.269 e. The smallest absolute Gasteiger partial charge is 0.269 e. The predicted molar refractivity (Wildman–Crippen MR) is 145 cm³/mol. The lowest BCUT2D eigenvalue weighted by molar-refractivity contribution is -0.0221. The van der Waals surface area contributed by atoms with E-state index in [2.05, 4.69) is 15.0 Å². The summed E-state index contributed by atoms with van der Waals surface area (Å²) in [5.41, 5.74) is 0.678. The second kappa shape index (κ2) is 12.0. The summed E-state index contributed by atoms with van der Waals surface area (Å²) < 4.78 is 80.7. The van der Waals surface area contributed by atoms with Crippen LogP contribution in [0.25, 0.3) is 0 Å². The molecule has 2 fully saturated rings. The molecule has 1 atom stereocenters. The van der Waals surface area contributed by atoms with Crippen molar-refractivity contribution in [3.8, 4) is 0 Å². The molecular weight excluding hydrogens is 554 g/mol. The number of hydrogen-bond acceptors (Lipinski definition) is 7. The number of pyridine rings is 1. The standard InChI is InChI=1S/C26H31F4N5O4S/c1-17(16-36)40(38,39)33-19-5-6-20(21(15-19)34-11-7-18(8-12-34)24(27)28)25(37)32-22-3-2-4-23(31-22)35-13-9-26(29,30)10-14-35/h2-6,15,17,33,36H,7-14,16H2,1H3,(H,31,32,37)/t17-/m1/s1. The molecule has 9 nitrogen and oxygen atoms in total. The third-order valence-corrected chi connectivity index (χ3v) is 8.79. The van der Waals surface area contributed by atoms with Crippen molar-refractivity contribution in [2.45, 2.75) is 43.8 Å². The summed E-state index contributed by atoms with van der Waals surface area (Å²) in [5.74, 6) is -2.65. The number of alkyl halides is 2. The largest absolute Gasteiger partial charge is 0.395 e. The molecule has 0 bridgehead atoms. The highest BCUT2D eigenvalue weighted by atomic mass is 32.2. The van der Waals surface area contributed by atoms with Crippen LogP contribution in [-0.2, 0) is 10.0 Å². The van der Waals surface area contributed by atoms with E-state index in [0.717, 1.165) is 0 Å². The molecule has 1 aromatic carbocycles. The van der Waals surface area contributed by atoms with Gasteiger partial charge in [-0.2, -0.15) is 8.78 Å². The van der Waals surface area contributed by atoms with Gasteiger partial charge in [0.15, 0.2) is 0 Å². The summed E-state index contributed by atoms with van der Waals surface area (Å²) in [5, 5.41) is 10.9. The van der Waals surface area contributed by atoms with Crippen LogP contribution in [0.1, 0.15) is 43.0 Å². The van der Waals surface area contributed by atoms with Crippen LogP contribution in [0.3, 0.4) is 0 Å². The third-order valence-electron chi connectivity index (χ3n) is 7.06. The average molecular weight is 586 g/mol. The van der Waals surface area contributed by atoms with Crippen molar-refractivity contribution in [3.63, 3.8) is 0 Å². The van der Waals surface area contributed by atoms with Gasteiger partial charge in [0, 0.05) is 39.0 Å². The molecule has 2 aliphatic heterocycles. The molecule has 2 aromatic rings. The summed E-state index contributed by atoms with van der Waals surface area (Å²) in [4.78, 5) is 21.2. The lowest BCUT2D eigenvalue weighted by atomic mass is 10.0. The van der Waals surface area contributed by atoms with Gasteiger partial charge in [0.2, 0.25) is 10.0 Å². The van der Waals surface area contributed by atoms with Gasteiger partial charge in [0.05, 0.1) is 23.5 Å². The fourth-order valence-corrected chi connectivity index (χ4v) is 5.39. The number of aliphatic hydroxyl groups excluding tert-OH is 1. The molecule has 1 aromatic heterocycles. The number of halogens is 4. The highest BCUT2D eigenvalue weighted by Gasteiger charge is 2.34. The van der Waals surface area contributed by atoms with Gasteiger partial charge in [0.25, 0.3) is 17.9 Å². The minimum atomic E-state index is -3.92. The number of sulfonamides is 1. The van der Waals surface area contributed by atoms with Crippen LogP contribution in [0, 0.1) is 0 Å². The van der Waals surface area contributed by atoms with E-state index in [0.29, 0.717) is 11.5 Å². The van der Waals surface area contributed by atoms with Gasteiger partial charge in [0.1, 0.15) is 16.9 Å². The molecule has 40 heavy (non-hydrogen) atoms. The highest BCUT2D eigenvalue weighted by Crippen LogP contribution is 2.33. The van der Waals surface area contributed by atoms with Crippen LogP contribution >= 0.6 is 0 Å². The Morgan fingerprint density at radius 2 is 1.75 bits per heavy atom. The topological polar surface area (TPSA) is 115 Å². The molecule has 2 aliphatic rings. The van der Waals surface area contributed by atoms with E-state index in [1.165, 1.54) is 25.1 Å². The molecular formula is C26H31F4N5O4S. The van der Waals surface area contributed by atoms with E-state index in [1.54, 1.807) is 28.0 Å². The molecule has 3 N–H and O–H groups in total. The van der Waals surface area contributed by atoms with Gasteiger partial charge in [-0.15, -0.1) is 0 Å². The van der Waals surface area contributed by atoms with Gasteiger partial charge in [-0.1, -0.05) is 6.07 Å². The molecule has 0 spiro atoms. The number of rotatable bonds is 8. The Hall–Kier alpha value is -3.39. The Bertz CT molecular complexity index is 1360. The van der Waals surface area contributed by atoms with Crippen LogP contribution in [0.2, 0.25) is 0 Å². The van der Waals surface area contributed by atoms with Crippen molar-refractivity contribution in [2.24, 2.45) is 0 Å². The van der Waals surface area contributed by atoms with Crippen LogP contribution in [0.15, 0.2) is 48.1 Å². The molecule has 218 valence electrons. The fraction of sp³-hybridized carbons (Fsp3) is 0.462. The number of amides is 1. The molecule has 1 amide bonds. The Morgan fingerprint density at radius 1 is 1.07 bits per heavy atom. The number of benzene rings is 1. The number of nitrogens with one attached hydrogen (secondary N) is 2. The van der Waals surface area contributed by atoms with Crippen LogP contribution in [-0.4, -0.2) is 68.4 Å². The number of carbonyl (C=O) groups is 1. The van der Waals surface area contributed by atoms with Crippen LogP contribution < -0.4 is 19.8 Å². The Kier molecular flexibility index (Phi) is 8.88. The molecule has 0 aliphatic carbocycles. The zero-order valence-electron chi connectivity index (χ0n) is 21.8. The number of carbonyl (C=O) groups excluding carboxylic acids is 1. The van der Waals surface area contributed by atoms with E-state index < -0.39 is 39.8 Å². The summed E-state index contributed by atoms with van der Waals surface area (Å²) >= 11 is 0. The summed E-state index contributed by atoms with van der Waals surface area (Å²) in [7, 11) is -3.92. The van der Waals surface area contributed by atoms with Gasteiger partial charge in [-0.05, 0) is 55.7 Å². The lowest BCUT2D eigenvalue weighted by Crippen LogP contribution is -2.39. The molecule has 3 heterocycles. The molecule has 0 saturated carbocycles. The Morgan fingerprint density at radius 3 is 2.38 bits per heavy atom. The van der Waals surface area contributed by atoms with Crippen molar-refractivity contribution in [2.75, 3.05) is 52.6 Å². The zero-order chi connectivity index (χ0) is 29.1. The minimum Gasteiger partial charge on any atom is -0.395 e. The van der Waals surface area contributed by atoms with E-state index in [9.17, 15) is 35.9 Å². The highest BCUT2D eigenvalue weighted by molar-refractivity contribution is 7.93. The van der Waals surface area contributed by atoms with Gasteiger partial charge in [-0.25, -0.2) is 22.2 Å². The second-order valence-corrected chi connectivity index (χ2v) is 12.0. The summed E-state index contributed by atoms with van der Waals surface area (Å²) in [6, 6.07) is 9.14. The zero-order valence-corrected chi connectivity index (χ0v) is 22.7. The van der Waals surface area contributed by atoms with Crippen molar-refractivity contribution in [3.05, 3.63) is 53.6 Å².